The molecule has 136 valence electrons. The Balaban J connectivity index is 1.52. The molecule has 0 bridgehead atoms. The molecule has 0 radical (unpaired) electrons. The molecule has 0 spiro atoms. The van der Waals surface area contributed by atoms with Gasteiger partial charge in [0.2, 0.25) is 5.91 Å². The molecule has 26 heavy (non-hydrogen) atoms. The predicted octanol–water partition coefficient (Wildman–Crippen LogP) is 2.24. The predicted molar refractivity (Wildman–Crippen MR) is 96.4 cm³/mol. The fourth-order valence-electron chi connectivity index (χ4n) is 3.49. The van der Waals surface area contributed by atoms with Gasteiger partial charge < -0.3 is 10.4 Å². The third kappa shape index (κ3) is 3.48. The summed E-state index contributed by atoms with van der Waals surface area (Å²) >= 11 is 0. The van der Waals surface area contributed by atoms with Gasteiger partial charge >= 0.3 is 5.97 Å². The van der Waals surface area contributed by atoms with Crippen LogP contribution < -0.4 is 5.32 Å². The van der Waals surface area contributed by atoms with Crippen molar-refractivity contribution in [2.45, 2.75) is 37.6 Å². The molecule has 2 fully saturated rings. The van der Waals surface area contributed by atoms with E-state index in [1.54, 1.807) is 9.58 Å². The van der Waals surface area contributed by atoms with Crippen LogP contribution in [-0.4, -0.2) is 50.8 Å². The minimum atomic E-state index is -0.861. The average molecular weight is 354 g/mol. The lowest BCUT2D eigenvalue weighted by Crippen LogP contribution is -2.41. The zero-order valence-electron chi connectivity index (χ0n) is 14.5. The van der Waals surface area contributed by atoms with Gasteiger partial charge in [0.05, 0.1) is 17.9 Å². The maximum atomic E-state index is 12.5. The Morgan fingerprint density at radius 1 is 1.19 bits per heavy atom. The largest absolute Gasteiger partial charge is 0.480 e. The van der Waals surface area contributed by atoms with E-state index < -0.39 is 12.0 Å². The van der Waals surface area contributed by atoms with Gasteiger partial charge in [0.1, 0.15) is 11.9 Å². The second kappa shape index (κ2) is 6.92. The number of carbonyl (C=O) groups excluding carboxylic acids is 1. The Morgan fingerprint density at radius 2 is 1.96 bits per heavy atom. The lowest BCUT2D eigenvalue weighted by Gasteiger charge is -2.20. The summed E-state index contributed by atoms with van der Waals surface area (Å²) in [7, 11) is 0. The number of rotatable bonds is 6. The standard InChI is InChI=1S/C19H22N4O3/c24-18(12-22-10-4-7-16(22)19(25)26)20-17-11-15(13-8-9-13)21-23(17)14-5-2-1-3-6-14/h1-3,5-6,11,13,16H,4,7-10,12H2,(H,20,24)(H,25,26)/t16-/m1/s1. The first-order valence-electron chi connectivity index (χ1n) is 9.04. The van der Waals surface area contributed by atoms with Gasteiger partial charge in [-0.15, -0.1) is 0 Å². The Labute approximate surface area is 151 Å². The van der Waals surface area contributed by atoms with E-state index in [4.69, 9.17) is 0 Å². The fourth-order valence-corrected chi connectivity index (χ4v) is 3.49. The van der Waals surface area contributed by atoms with Crippen LogP contribution in [-0.2, 0) is 9.59 Å². The number of aromatic nitrogens is 2. The van der Waals surface area contributed by atoms with Crippen molar-refractivity contribution in [1.82, 2.24) is 14.7 Å². The molecule has 1 aromatic carbocycles. The van der Waals surface area contributed by atoms with E-state index in [2.05, 4.69) is 10.4 Å². The summed E-state index contributed by atoms with van der Waals surface area (Å²) in [6, 6.07) is 11.1. The number of para-hydroxylation sites is 1. The topological polar surface area (TPSA) is 87.5 Å². The van der Waals surface area contributed by atoms with Crippen LogP contribution in [0, 0.1) is 0 Å². The third-order valence-corrected chi connectivity index (χ3v) is 4.99. The monoisotopic (exact) mass is 354 g/mol. The van der Waals surface area contributed by atoms with Crippen molar-refractivity contribution >= 4 is 17.7 Å². The first-order chi connectivity index (χ1) is 12.6. The van der Waals surface area contributed by atoms with E-state index in [0.29, 0.717) is 24.7 Å². The molecular weight excluding hydrogens is 332 g/mol. The Morgan fingerprint density at radius 3 is 2.65 bits per heavy atom. The number of amides is 1. The highest BCUT2D eigenvalue weighted by Crippen LogP contribution is 2.40. The fraction of sp³-hybridized carbons (Fsp3) is 0.421. The maximum absolute atomic E-state index is 12.5. The lowest BCUT2D eigenvalue weighted by molar-refractivity contribution is -0.142. The highest BCUT2D eigenvalue weighted by atomic mass is 16.4. The summed E-state index contributed by atoms with van der Waals surface area (Å²) in [5, 5.41) is 16.9. The Kier molecular flexibility index (Phi) is 4.46. The van der Waals surface area contributed by atoms with E-state index in [-0.39, 0.29) is 12.5 Å². The van der Waals surface area contributed by atoms with Gasteiger partial charge in [-0.2, -0.15) is 5.10 Å². The van der Waals surface area contributed by atoms with Crippen molar-refractivity contribution in [3.8, 4) is 5.69 Å². The van der Waals surface area contributed by atoms with Crippen LogP contribution in [0.3, 0.4) is 0 Å². The van der Waals surface area contributed by atoms with E-state index in [1.165, 1.54) is 0 Å². The molecule has 1 atom stereocenters. The number of anilines is 1. The molecule has 1 amide bonds. The van der Waals surface area contributed by atoms with Crippen LogP contribution in [0.15, 0.2) is 36.4 Å². The third-order valence-electron chi connectivity index (χ3n) is 4.99. The van der Waals surface area contributed by atoms with Crippen molar-refractivity contribution < 1.29 is 14.7 Å². The molecule has 1 aromatic heterocycles. The van der Waals surface area contributed by atoms with Crippen LogP contribution in [0.2, 0.25) is 0 Å². The van der Waals surface area contributed by atoms with Gasteiger partial charge in [0, 0.05) is 12.0 Å². The number of hydrogen-bond acceptors (Lipinski definition) is 4. The minimum Gasteiger partial charge on any atom is -0.480 e. The quantitative estimate of drug-likeness (QED) is 0.831. The summed E-state index contributed by atoms with van der Waals surface area (Å²) in [4.78, 5) is 25.5. The zero-order chi connectivity index (χ0) is 18.1. The SMILES string of the molecule is O=C(CN1CCC[C@@H]1C(=O)O)Nc1cc(C2CC2)nn1-c1ccccc1. The molecule has 1 saturated carbocycles. The highest BCUT2D eigenvalue weighted by Gasteiger charge is 2.32. The number of likely N-dealkylation sites (tertiary alicyclic amines) is 1. The number of aliphatic carboxylic acids is 1. The van der Waals surface area contributed by atoms with Crippen LogP contribution >= 0.6 is 0 Å². The van der Waals surface area contributed by atoms with E-state index in [1.807, 2.05) is 36.4 Å². The Hall–Kier alpha value is -2.67. The number of carboxylic acid groups (broad SMARTS) is 1. The molecule has 1 aliphatic heterocycles. The van der Waals surface area contributed by atoms with Crippen LogP contribution in [0.1, 0.15) is 37.3 Å². The molecule has 0 unspecified atom stereocenters. The summed E-state index contributed by atoms with van der Waals surface area (Å²) in [6.45, 7) is 0.714. The first kappa shape index (κ1) is 16.8. The number of benzene rings is 1. The van der Waals surface area contributed by atoms with Gasteiger partial charge in [0.15, 0.2) is 0 Å². The zero-order valence-corrected chi connectivity index (χ0v) is 14.5. The second-order valence-electron chi connectivity index (χ2n) is 6.99. The molecule has 4 rings (SSSR count). The molecule has 2 N–H and O–H groups in total. The minimum absolute atomic E-state index is 0.0791. The summed E-state index contributed by atoms with van der Waals surface area (Å²) in [6.07, 6.45) is 3.66. The number of hydrogen-bond donors (Lipinski definition) is 2. The smallest absolute Gasteiger partial charge is 0.320 e. The second-order valence-corrected chi connectivity index (χ2v) is 6.99. The average Bonchev–Trinajstić information content (AvgIpc) is 3.23. The first-order valence-corrected chi connectivity index (χ1v) is 9.04. The number of nitrogens with zero attached hydrogens (tertiary/aromatic N) is 3. The normalized spacial score (nSPS) is 20.2. The lowest BCUT2D eigenvalue weighted by atomic mass is 10.2. The van der Waals surface area contributed by atoms with Crippen molar-refractivity contribution in [3.63, 3.8) is 0 Å². The molecule has 7 nitrogen and oxygen atoms in total. The van der Waals surface area contributed by atoms with Crippen molar-refractivity contribution in [2.24, 2.45) is 0 Å². The number of carbonyl (C=O) groups is 2. The van der Waals surface area contributed by atoms with E-state index in [0.717, 1.165) is 30.6 Å². The molecule has 2 aliphatic rings. The summed E-state index contributed by atoms with van der Waals surface area (Å²) in [5.41, 5.74) is 1.88. The number of carboxylic acids is 1. The molecule has 2 heterocycles. The van der Waals surface area contributed by atoms with Gasteiger partial charge in [-0.05, 0) is 44.4 Å². The van der Waals surface area contributed by atoms with Gasteiger partial charge in [-0.25, -0.2) is 4.68 Å². The number of nitrogens with one attached hydrogen (secondary N) is 1. The van der Waals surface area contributed by atoms with Crippen LogP contribution in [0.4, 0.5) is 5.82 Å². The molecule has 7 heteroatoms. The van der Waals surface area contributed by atoms with E-state index >= 15 is 0 Å². The van der Waals surface area contributed by atoms with Crippen LogP contribution in [0.25, 0.3) is 5.69 Å². The van der Waals surface area contributed by atoms with Crippen molar-refractivity contribution in [3.05, 3.63) is 42.1 Å². The highest BCUT2D eigenvalue weighted by molar-refractivity contribution is 5.92. The molecule has 1 saturated heterocycles. The maximum Gasteiger partial charge on any atom is 0.320 e. The molecule has 1 aliphatic carbocycles. The van der Waals surface area contributed by atoms with Gasteiger partial charge in [-0.3, -0.25) is 14.5 Å². The summed E-state index contributed by atoms with van der Waals surface area (Å²) in [5.74, 6) is 0.0398. The molecular formula is C19H22N4O3. The van der Waals surface area contributed by atoms with E-state index in [9.17, 15) is 14.7 Å². The summed E-state index contributed by atoms with van der Waals surface area (Å²) < 4.78 is 1.75. The van der Waals surface area contributed by atoms with Gasteiger partial charge in [0.25, 0.3) is 0 Å². The van der Waals surface area contributed by atoms with Crippen molar-refractivity contribution in [2.75, 3.05) is 18.4 Å². The molecule has 2 aromatic rings. The Bertz CT molecular complexity index is 813. The van der Waals surface area contributed by atoms with Crippen LogP contribution in [0.5, 0.6) is 0 Å². The van der Waals surface area contributed by atoms with Crippen molar-refractivity contribution in [1.29, 1.82) is 0 Å². The van der Waals surface area contributed by atoms with Gasteiger partial charge in [-0.1, -0.05) is 18.2 Å².